The Morgan fingerprint density at radius 2 is 2.00 bits per heavy atom. The summed E-state index contributed by atoms with van der Waals surface area (Å²) in [4.78, 5) is 15.9. The van der Waals surface area contributed by atoms with Crippen molar-refractivity contribution in [3.8, 4) is 0 Å². The van der Waals surface area contributed by atoms with Crippen LogP contribution in [0.4, 0.5) is 0 Å². The molecule has 108 valence electrons. The Morgan fingerprint density at radius 3 is 2.53 bits per heavy atom. The second-order valence-electron chi connectivity index (χ2n) is 4.92. The third kappa shape index (κ3) is 3.79. The molecular formula is C12H19ClN2O3S. The predicted molar refractivity (Wildman–Crippen MR) is 75.3 cm³/mol. The summed E-state index contributed by atoms with van der Waals surface area (Å²) in [6.45, 7) is 5.92. The van der Waals surface area contributed by atoms with Crippen LogP contribution in [-0.2, 0) is 16.4 Å². The normalized spacial score (nSPS) is 13.7. The lowest BCUT2D eigenvalue weighted by Gasteiger charge is -2.13. The van der Waals surface area contributed by atoms with Gasteiger partial charge < -0.3 is 4.57 Å². The smallest absolute Gasteiger partial charge is 0.288 e. The van der Waals surface area contributed by atoms with Gasteiger partial charge in [-0.05, 0) is 19.3 Å². The number of aromatic nitrogens is 2. The Labute approximate surface area is 118 Å². The van der Waals surface area contributed by atoms with E-state index in [1.807, 2.05) is 13.8 Å². The fourth-order valence-corrected chi connectivity index (χ4v) is 3.49. The molecule has 1 unspecified atom stereocenters. The molecule has 19 heavy (non-hydrogen) atoms. The van der Waals surface area contributed by atoms with E-state index in [1.165, 1.54) is 17.0 Å². The maximum Gasteiger partial charge on any atom is 0.288 e. The van der Waals surface area contributed by atoms with E-state index in [1.54, 1.807) is 6.92 Å². The van der Waals surface area contributed by atoms with E-state index >= 15 is 0 Å². The van der Waals surface area contributed by atoms with Crippen molar-refractivity contribution in [3.05, 3.63) is 22.7 Å². The predicted octanol–water partition coefficient (Wildman–Crippen LogP) is 1.69. The van der Waals surface area contributed by atoms with Crippen LogP contribution < -0.4 is 5.56 Å². The lowest BCUT2D eigenvalue weighted by molar-refractivity contribution is 0.498. The molecule has 0 aromatic carbocycles. The van der Waals surface area contributed by atoms with E-state index < -0.39 is 20.6 Å². The van der Waals surface area contributed by atoms with Gasteiger partial charge in [-0.2, -0.15) is 0 Å². The fraction of sp³-hybridized carbons (Fsp3) is 0.667. The highest BCUT2D eigenvalue weighted by atomic mass is 35.5. The molecule has 0 aliphatic rings. The summed E-state index contributed by atoms with van der Waals surface area (Å²) in [7, 11) is -3.72. The van der Waals surface area contributed by atoms with Crippen LogP contribution in [0.15, 0.2) is 22.2 Å². The molecule has 0 N–H and O–H groups in total. The van der Waals surface area contributed by atoms with Gasteiger partial charge in [-0.1, -0.05) is 13.8 Å². The van der Waals surface area contributed by atoms with Gasteiger partial charge in [0.05, 0.1) is 5.25 Å². The van der Waals surface area contributed by atoms with Crippen molar-refractivity contribution in [1.82, 2.24) is 9.55 Å². The van der Waals surface area contributed by atoms with Gasteiger partial charge in [0.25, 0.3) is 5.56 Å². The van der Waals surface area contributed by atoms with E-state index in [0.717, 1.165) is 0 Å². The maximum atomic E-state index is 12.2. The van der Waals surface area contributed by atoms with Crippen LogP contribution in [0.25, 0.3) is 0 Å². The minimum atomic E-state index is -3.72. The van der Waals surface area contributed by atoms with E-state index in [2.05, 4.69) is 4.98 Å². The van der Waals surface area contributed by atoms with Crippen LogP contribution in [0.5, 0.6) is 0 Å². The summed E-state index contributed by atoms with van der Waals surface area (Å²) in [5.41, 5.74) is -0.558. The van der Waals surface area contributed by atoms with Gasteiger partial charge in [0.2, 0.25) is 14.9 Å². The van der Waals surface area contributed by atoms with Crippen LogP contribution in [0, 0.1) is 5.92 Å². The summed E-state index contributed by atoms with van der Waals surface area (Å²) < 4.78 is 25.9. The highest BCUT2D eigenvalue weighted by Gasteiger charge is 2.27. The van der Waals surface area contributed by atoms with Crippen LogP contribution in [0.3, 0.4) is 0 Å². The number of hydrogen-bond acceptors (Lipinski definition) is 4. The lowest BCUT2D eigenvalue weighted by atomic mass is 10.2. The highest BCUT2D eigenvalue weighted by Crippen LogP contribution is 2.13. The average Bonchev–Trinajstić information content (AvgIpc) is 2.31. The standard InChI is InChI=1S/C12H19ClN2O3S/c1-9(2)8-15-7-6-14-11(12(15)16)19(17,18)10(3)4-5-13/h6-7,9-10H,4-5,8H2,1-3H3. The van der Waals surface area contributed by atoms with Crippen molar-refractivity contribution in [2.75, 3.05) is 5.88 Å². The number of hydrogen-bond donors (Lipinski definition) is 0. The first kappa shape index (κ1) is 16.2. The topological polar surface area (TPSA) is 69.0 Å². The molecule has 0 aliphatic heterocycles. The molecule has 0 fully saturated rings. The highest BCUT2D eigenvalue weighted by molar-refractivity contribution is 7.91. The largest absolute Gasteiger partial charge is 0.311 e. The van der Waals surface area contributed by atoms with Crippen molar-refractivity contribution < 1.29 is 8.42 Å². The van der Waals surface area contributed by atoms with Gasteiger partial charge >= 0.3 is 0 Å². The number of alkyl halides is 1. The Hall–Kier alpha value is -0.880. The Bertz CT molecular complexity index is 581. The fourth-order valence-electron chi connectivity index (χ4n) is 1.66. The molecule has 0 aliphatic carbocycles. The molecule has 1 aromatic heterocycles. The quantitative estimate of drug-likeness (QED) is 0.750. The molecule has 7 heteroatoms. The molecule has 0 saturated carbocycles. The van der Waals surface area contributed by atoms with E-state index in [0.29, 0.717) is 13.0 Å². The van der Waals surface area contributed by atoms with Gasteiger partial charge in [-0.15, -0.1) is 11.6 Å². The summed E-state index contributed by atoms with van der Waals surface area (Å²) in [5, 5.41) is -1.09. The second-order valence-corrected chi connectivity index (χ2v) is 7.58. The molecule has 0 spiro atoms. The van der Waals surface area contributed by atoms with Gasteiger partial charge in [-0.3, -0.25) is 4.79 Å². The number of halogens is 1. The maximum absolute atomic E-state index is 12.2. The SMILES string of the molecule is CC(C)Cn1ccnc(S(=O)(=O)C(C)CCCl)c1=O. The second kappa shape index (κ2) is 6.52. The minimum Gasteiger partial charge on any atom is -0.311 e. The molecule has 1 rings (SSSR count). The third-order valence-electron chi connectivity index (χ3n) is 2.76. The van der Waals surface area contributed by atoms with E-state index in [4.69, 9.17) is 11.6 Å². The molecular weight excluding hydrogens is 288 g/mol. The Morgan fingerprint density at radius 1 is 1.37 bits per heavy atom. The molecule has 0 amide bonds. The van der Waals surface area contributed by atoms with Crippen LogP contribution in [-0.4, -0.2) is 29.1 Å². The minimum absolute atomic E-state index is 0.230. The molecule has 1 atom stereocenters. The lowest BCUT2D eigenvalue weighted by Crippen LogP contribution is -2.32. The van der Waals surface area contributed by atoms with Gasteiger partial charge in [-0.25, -0.2) is 13.4 Å². The zero-order valence-electron chi connectivity index (χ0n) is 11.3. The summed E-state index contributed by atoms with van der Waals surface area (Å²) in [6.07, 6.45) is 3.15. The number of rotatable bonds is 6. The Kier molecular flexibility index (Phi) is 5.55. The monoisotopic (exact) mass is 306 g/mol. The van der Waals surface area contributed by atoms with Crippen LogP contribution in [0.2, 0.25) is 0 Å². The van der Waals surface area contributed by atoms with Gasteiger partial charge in [0, 0.05) is 24.8 Å². The van der Waals surface area contributed by atoms with Crippen molar-refractivity contribution >= 4 is 21.4 Å². The van der Waals surface area contributed by atoms with Crippen molar-refractivity contribution in [3.63, 3.8) is 0 Å². The van der Waals surface area contributed by atoms with Gasteiger partial charge in [0.1, 0.15) is 0 Å². The first-order chi connectivity index (χ1) is 8.80. The summed E-state index contributed by atoms with van der Waals surface area (Å²) in [5.74, 6) is 0.476. The average molecular weight is 307 g/mol. The number of nitrogens with zero attached hydrogens (tertiary/aromatic N) is 2. The van der Waals surface area contributed by atoms with Crippen molar-refractivity contribution in [2.24, 2.45) is 5.92 Å². The van der Waals surface area contributed by atoms with Crippen LogP contribution >= 0.6 is 11.6 Å². The first-order valence-corrected chi connectivity index (χ1v) is 8.24. The zero-order chi connectivity index (χ0) is 14.6. The third-order valence-corrected chi connectivity index (χ3v) is 5.09. The molecule has 1 heterocycles. The van der Waals surface area contributed by atoms with Crippen LogP contribution in [0.1, 0.15) is 27.2 Å². The first-order valence-electron chi connectivity index (χ1n) is 6.16. The van der Waals surface area contributed by atoms with E-state index in [-0.39, 0.29) is 16.8 Å². The van der Waals surface area contributed by atoms with Gasteiger partial charge in [0.15, 0.2) is 0 Å². The molecule has 1 aromatic rings. The molecule has 0 radical (unpaired) electrons. The van der Waals surface area contributed by atoms with Crippen molar-refractivity contribution in [2.45, 2.75) is 44.0 Å². The molecule has 0 bridgehead atoms. The van der Waals surface area contributed by atoms with Crippen molar-refractivity contribution in [1.29, 1.82) is 0 Å². The Balaban J connectivity index is 3.25. The zero-order valence-corrected chi connectivity index (χ0v) is 12.9. The molecule has 5 nitrogen and oxygen atoms in total. The summed E-state index contributed by atoms with van der Waals surface area (Å²) in [6, 6.07) is 0. The molecule has 0 saturated heterocycles. The number of sulfone groups is 1. The summed E-state index contributed by atoms with van der Waals surface area (Å²) >= 11 is 5.56. The van der Waals surface area contributed by atoms with E-state index in [9.17, 15) is 13.2 Å².